The Morgan fingerprint density at radius 3 is 2.55 bits per heavy atom. The summed E-state index contributed by atoms with van der Waals surface area (Å²) in [6, 6.07) is 3.69. The minimum atomic E-state index is -3.20. The van der Waals surface area contributed by atoms with Crippen LogP contribution in [0.4, 0.5) is 0 Å². The van der Waals surface area contributed by atoms with Gasteiger partial charge in [0.05, 0.1) is 24.2 Å². The van der Waals surface area contributed by atoms with E-state index in [-0.39, 0.29) is 5.75 Å². The fourth-order valence-corrected chi connectivity index (χ4v) is 4.86. The number of hydrogen-bond donors (Lipinski definition) is 1. The summed E-state index contributed by atoms with van der Waals surface area (Å²) in [5, 5.41) is 9.85. The van der Waals surface area contributed by atoms with Crippen LogP contribution in [0.1, 0.15) is 42.1 Å². The van der Waals surface area contributed by atoms with E-state index < -0.39 is 21.2 Å². The van der Waals surface area contributed by atoms with Crippen molar-refractivity contribution in [2.75, 3.05) is 12.9 Å². The first-order valence-electron chi connectivity index (χ1n) is 6.91. The third-order valence-electron chi connectivity index (χ3n) is 4.08. The summed E-state index contributed by atoms with van der Waals surface area (Å²) in [6.07, 6.45) is 1.14. The Morgan fingerprint density at radius 2 is 1.95 bits per heavy atom. The molecule has 0 aromatic heterocycles. The second-order valence-electron chi connectivity index (χ2n) is 5.52. The van der Waals surface area contributed by atoms with Crippen LogP contribution in [0.5, 0.6) is 5.75 Å². The van der Waals surface area contributed by atoms with Gasteiger partial charge in [-0.25, -0.2) is 8.42 Å². The van der Waals surface area contributed by atoms with E-state index in [4.69, 9.17) is 4.74 Å². The van der Waals surface area contributed by atoms with Crippen LogP contribution < -0.4 is 4.74 Å². The lowest BCUT2D eigenvalue weighted by Gasteiger charge is -2.28. The molecule has 1 saturated heterocycles. The highest BCUT2D eigenvalue weighted by Crippen LogP contribution is 2.34. The number of hydrogen-bond acceptors (Lipinski definition) is 4. The van der Waals surface area contributed by atoms with Gasteiger partial charge in [-0.3, -0.25) is 0 Å². The number of sulfone groups is 1. The van der Waals surface area contributed by atoms with Crippen LogP contribution in [0.15, 0.2) is 12.1 Å². The van der Waals surface area contributed by atoms with E-state index in [9.17, 15) is 13.5 Å². The quantitative estimate of drug-likeness (QED) is 0.930. The summed E-state index contributed by atoms with van der Waals surface area (Å²) < 4.78 is 29.5. The maximum atomic E-state index is 12.1. The van der Waals surface area contributed by atoms with E-state index in [2.05, 4.69) is 0 Å². The Kier molecular flexibility index (Phi) is 4.39. The maximum absolute atomic E-state index is 12.1. The summed E-state index contributed by atoms with van der Waals surface area (Å²) in [5.74, 6) is 0.938. The third-order valence-corrected chi connectivity index (χ3v) is 6.36. The van der Waals surface area contributed by atoms with Crippen molar-refractivity contribution in [2.45, 2.75) is 44.5 Å². The molecule has 2 unspecified atom stereocenters. The second-order valence-corrected chi connectivity index (χ2v) is 7.86. The Labute approximate surface area is 120 Å². The second kappa shape index (κ2) is 5.74. The number of ether oxygens (including phenoxy) is 1. The van der Waals surface area contributed by atoms with Gasteiger partial charge in [-0.2, -0.15) is 0 Å². The van der Waals surface area contributed by atoms with Crippen molar-refractivity contribution in [1.29, 1.82) is 0 Å². The average molecular weight is 298 g/mol. The average Bonchev–Trinajstić information content (AvgIpc) is 2.39. The van der Waals surface area contributed by atoms with Gasteiger partial charge in [0.1, 0.15) is 5.75 Å². The molecule has 0 spiro atoms. The zero-order valence-electron chi connectivity index (χ0n) is 12.2. The molecule has 1 heterocycles. The van der Waals surface area contributed by atoms with Crippen molar-refractivity contribution in [1.82, 2.24) is 0 Å². The number of aryl methyl sites for hydroxylation is 2. The summed E-state index contributed by atoms with van der Waals surface area (Å²) in [6.45, 7) is 3.76. The van der Waals surface area contributed by atoms with Gasteiger partial charge in [0.25, 0.3) is 0 Å². The lowest BCUT2D eigenvalue weighted by atomic mass is 9.96. The smallest absolute Gasteiger partial charge is 0.156 e. The number of benzene rings is 1. The molecular weight excluding hydrogens is 276 g/mol. The molecular formula is C15H22O4S. The Balaban J connectivity index is 2.38. The third kappa shape index (κ3) is 2.83. The first kappa shape index (κ1) is 15.3. The van der Waals surface area contributed by atoms with Crippen LogP contribution in [0, 0.1) is 13.8 Å². The molecule has 4 nitrogen and oxygen atoms in total. The lowest BCUT2D eigenvalue weighted by Crippen LogP contribution is -2.34. The zero-order chi connectivity index (χ0) is 14.9. The van der Waals surface area contributed by atoms with Crippen molar-refractivity contribution < 1.29 is 18.3 Å². The van der Waals surface area contributed by atoms with Crippen molar-refractivity contribution in [3.05, 3.63) is 28.8 Å². The zero-order valence-corrected chi connectivity index (χ0v) is 13.0. The highest BCUT2D eigenvalue weighted by atomic mass is 32.2. The van der Waals surface area contributed by atoms with E-state index in [1.807, 2.05) is 26.0 Å². The van der Waals surface area contributed by atoms with Crippen LogP contribution in [0.3, 0.4) is 0 Å². The molecule has 0 amide bonds. The number of methoxy groups -OCH3 is 1. The van der Waals surface area contributed by atoms with Crippen LogP contribution in [-0.4, -0.2) is 31.6 Å². The molecule has 5 heteroatoms. The molecule has 1 aliphatic rings. The first-order valence-corrected chi connectivity index (χ1v) is 8.63. The van der Waals surface area contributed by atoms with E-state index in [0.717, 1.165) is 23.3 Å². The number of aliphatic hydroxyl groups excluding tert-OH is 1. The largest absolute Gasteiger partial charge is 0.496 e. The van der Waals surface area contributed by atoms with Gasteiger partial charge < -0.3 is 9.84 Å². The Bertz CT molecular complexity index is 592. The summed E-state index contributed by atoms with van der Waals surface area (Å²) in [5.41, 5.74) is 2.46. The minimum Gasteiger partial charge on any atom is -0.496 e. The normalized spacial score (nSPS) is 23.3. The summed E-state index contributed by atoms with van der Waals surface area (Å²) in [7, 11) is -1.60. The Hall–Kier alpha value is -1.07. The van der Waals surface area contributed by atoms with Gasteiger partial charge in [0.15, 0.2) is 9.84 Å². The molecule has 0 radical (unpaired) electrons. The Morgan fingerprint density at radius 1 is 1.25 bits per heavy atom. The fraction of sp³-hybridized carbons (Fsp3) is 0.600. The molecule has 20 heavy (non-hydrogen) atoms. The number of aliphatic hydroxyl groups is 1. The lowest BCUT2D eigenvalue weighted by molar-refractivity contribution is 0.163. The van der Waals surface area contributed by atoms with Crippen molar-refractivity contribution >= 4 is 9.84 Å². The molecule has 1 aromatic carbocycles. The molecule has 1 N–H and O–H groups in total. The van der Waals surface area contributed by atoms with Gasteiger partial charge in [-0.05, 0) is 55.5 Å². The highest BCUT2D eigenvalue weighted by Gasteiger charge is 2.36. The van der Waals surface area contributed by atoms with Gasteiger partial charge in [-0.15, -0.1) is 0 Å². The van der Waals surface area contributed by atoms with Gasteiger partial charge >= 0.3 is 0 Å². The van der Waals surface area contributed by atoms with Crippen molar-refractivity contribution in [3.63, 3.8) is 0 Å². The van der Waals surface area contributed by atoms with Gasteiger partial charge in [0, 0.05) is 0 Å². The van der Waals surface area contributed by atoms with Crippen LogP contribution in [0.2, 0.25) is 0 Å². The van der Waals surface area contributed by atoms with Gasteiger partial charge in [0.2, 0.25) is 0 Å². The van der Waals surface area contributed by atoms with Crippen LogP contribution >= 0.6 is 0 Å². The highest BCUT2D eigenvalue weighted by molar-refractivity contribution is 7.92. The molecule has 2 rings (SSSR count). The molecule has 0 aliphatic carbocycles. The fourth-order valence-electron chi connectivity index (χ4n) is 2.88. The SMILES string of the molecule is COc1cc(C)c(C(O)C2CCCCS2(=O)=O)cc1C. The van der Waals surface area contributed by atoms with Crippen molar-refractivity contribution in [3.8, 4) is 5.75 Å². The van der Waals surface area contributed by atoms with Gasteiger partial charge in [-0.1, -0.05) is 6.42 Å². The van der Waals surface area contributed by atoms with Crippen LogP contribution in [-0.2, 0) is 9.84 Å². The monoisotopic (exact) mass is 298 g/mol. The molecule has 2 atom stereocenters. The van der Waals surface area contributed by atoms with E-state index in [1.165, 1.54) is 0 Å². The van der Waals surface area contributed by atoms with Crippen molar-refractivity contribution in [2.24, 2.45) is 0 Å². The topological polar surface area (TPSA) is 63.6 Å². The molecule has 0 saturated carbocycles. The van der Waals surface area contributed by atoms with Crippen LogP contribution in [0.25, 0.3) is 0 Å². The van der Waals surface area contributed by atoms with E-state index in [1.54, 1.807) is 7.11 Å². The molecule has 1 aliphatic heterocycles. The summed E-state index contributed by atoms with van der Waals surface area (Å²) >= 11 is 0. The predicted molar refractivity (Wildman–Crippen MR) is 78.9 cm³/mol. The van der Waals surface area contributed by atoms with E-state index in [0.29, 0.717) is 18.4 Å². The van der Waals surface area contributed by atoms with E-state index >= 15 is 0 Å². The molecule has 1 aromatic rings. The maximum Gasteiger partial charge on any atom is 0.156 e. The molecule has 0 bridgehead atoms. The predicted octanol–water partition coefficient (Wildman–Crippen LogP) is 2.31. The first-order chi connectivity index (χ1) is 9.36. The standard InChI is InChI=1S/C15H22O4S/c1-10-9-13(19-3)11(2)8-12(10)15(16)14-6-4-5-7-20(14,17)18/h8-9,14-16H,4-7H2,1-3H3. The molecule has 112 valence electrons. The molecule has 1 fully saturated rings. The minimum absolute atomic E-state index is 0.183. The summed E-state index contributed by atoms with van der Waals surface area (Å²) in [4.78, 5) is 0. The number of rotatable bonds is 3.